The van der Waals surface area contributed by atoms with Crippen molar-refractivity contribution in [2.24, 2.45) is 11.8 Å². The van der Waals surface area contributed by atoms with Gasteiger partial charge in [0.1, 0.15) is 0 Å². The Balaban J connectivity index is 2.17. The Morgan fingerprint density at radius 2 is 2.27 bits per heavy atom. The van der Waals surface area contributed by atoms with Crippen molar-refractivity contribution in [3.8, 4) is 0 Å². The van der Waals surface area contributed by atoms with Crippen molar-refractivity contribution in [3.05, 3.63) is 19.8 Å². The summed E-state index contributed by atoms with van der Waals surface area (Å²) in [6.07, 6.45) is 6.68. The summed E-state index contributed by atoms with van der Waals surface area (Å²) in [5.74, 6) is 1.38. The van der Waals surface area contributed by atoms with E-state index in [0.29, 0.717) is 5.92 Å². The molecule has 1 nitrogen and oxygen atoms in total. The summed E-state index contributed by atoms with van der Waals surface area (Å²) in [6, 6.07) is 0. The van der Waals surface area contributed by atoms with Gasteiger partial charge in [-0.15, -0.1) is 0 Å². The van der Waals surface area contributed by atoms with Crippen molar-refractivity contribution in [1.82, 2.24) is 0 Å². The minimum atomic E-state index is 0.655. The number of rotatable bonds is 3. The third-order valence-corrected chi connectivity index (χ3v) is 2.34. The number of hydrogen-bond acceptors (Lipinski definition) is 1. The van der Waals surface area contributed by atoms with Crippen molar-refractivity contribution in [3.63, 3.8) is 0 Å². The molecule has 1 aliphatic carbocycles. The molecule has 1 radical (unpaired) electrons. The molecule has 0 amide bonds. The minimum Gasteiger partial charge on any atom is -0.502 e. The molecule has 11 heavy (non-hydrogen) atoms. The van der Waals surface area contributed by atoms with Gasteiger partial charge >= 0.3 is 0 Å². The van der Waals surface area contributed by atoms with Crippen LogP contribution in [0.15, 0.2) is 12.8 Å². The van der Waals surface area contributed by atoms with Crippen LogP contribution in [0.4, 0.5) is 0 Å². The largest absolute Gasteiger partial charge is 0.502 e. The predicted molar refractivity (Wildman–Crippen MR) is 47.0 cm³/mol. The average Bonchev–Trinajstić information content (AvgIpc) is 2.01. The molecule has 1 rings (SSSR count). The van der Waals surface area contributed by atoms with Crippen molar-refractivity contribution in [1.29, 1.82) is 0 Å². The fraction of sp³-hybridized carbons (Fsp3) is 0.700. The van der Waals surface area contributed by atoms with Crippen LogP contribution < -0.4 is 0 Å². The molecule has 0 bridgehead atoms. The number of hydrogen-bond donors (Lipinski definition) is 0. The first-order valence-corrected chi connectivity index (χ1v) is 4.38. The van der Waals surface area contributed by atoms with Crippen LogP contribution in [0.2, 0.25) is 0 Å². The van der Waals surface area contributed by atoms with E-state index >= 15 is 0 Å². The van der Waals surface area contributed by atoms with Crippen LogP contribution in [0.25, 0.3) is 0 Å². The monoisotopic (exact) mass is 153 g/mol. The lowest BCUT2D eigenvalue weighted by Crippen LogP contribution is -2.17. The van der Waals surface area contributed by atoms with Gasteiger partial charge in [-0.2, -0.15) is 0 Å². The van der Waals surface area contributed by atoms with E-state index in [1.165, 1.54) is 31.9 Å². The molecule has 0 saturated heterocycles. The molecule has 0 aromatic carbocycles. The molecule has 1 fully saturated rings. The van der Waals surface area contributed by atoms with Crippen LogP contribution in [0, 0.1) is 18.8 Å². The van der Waals surface area contributed by atoms with Gasteiger partial charge in [0.2, 0.25) is 0 Å². The molecule has 1 heteroatoms. The summed E-state index contributed by atoms with van der Waals surface area (Å²) in [7, 11) is 0. The van der Waals surface area contributed by atoms with Gasteiger partial charge in [0.15, 0.2) is 0 Å². The average molecular weight is 153 g/mol. The van der Waals surface area contributed by atoms with E-state index in [1.54, 1.807) is 0 Å². The zero-order valence-corrected chi connectivity index (χ0v) is 7.09. The number of ether oxygens (including phenoxy) is 1. The quantitative estimate of drug-likeness (QED) is 0.566. The normalized spacial score (nSPS) is 31.4. The third kappa shape index (κ3) is 2.96. The SMILES string of the molecule is [CH2]C1CCCC(COC=C)C1. The molecular formula is C10H17O. The van der Waals surface area contributed by atoms with Gasteiger partial charge in [-0.05, 0) is 24.7 Å². The fourth-order valence-electron chi connectivity index (χ4n) is 1.76. The summed E-state index contributed by atoms with van der Waals surface area (Å²) in [5, 5.41) is 0. The molecule has 0 spiro atoms. The molecule has 0 aromatic heterocycles. The zero-order chi connectivity index (χ0) is 8.10. The Hall–Kier alpha value is -0.460. The van der Waals surface area contributed by atoms with E-state index in [0.717, 1.165) is 12.5 Å². The Kier molecular flexibility index (Phi) is 3.47. The summed E-state index contributed by atoms with van der Waals surface area (Å²) < 4.78 is 5.16. The fourth-order valence-corrected chi connectivity index (χ4v) is 1.76. The summed E-state index contributed by atoms with van der Waals surface area (Å²) in [6.45, 7) is 8.44. The maximum atomic E-state index is 5.16. The second-order valence-corrected chi connectivity index (χ2v) is 3.40. The molecule has 2 unspecified atom stereocenters. The van der Waals surface area contributed by atoms with Gasteiger partial charge in [0, 0.05) is 0 Å². The van der Waals surface area contributed by atoms with E-state index in [2.05, 4.69) is 13.5 Å². The highest BCUT2D eigenvalue weighted by Crippen LogP contribution is 2.28. The van der Waals surface area contributed by atoms with Gasteiger partial charge in [0.05, 0.1) is 12.9 Å². The summed E-state index contributed by atoms with van der Waals surface area (Å²) >= 11 is 0. The first-order valence-electron chi connectivity index (χ1n) is 4.38. The van der Waals surface area contributed by atoms with E-state index in [4.69, 9.17) is 4.74 Å². The Morgan fingerprint density at radius 3 is 2.91 bits per heavy atom. The highest BCUT2D eigenvalue weighted by atomic mass is 16.5. The second kappa shape index (κ2) is 4.42. The first-order chi connectivity index (χ1) is 5.33. The lowest BCUT2D eigenvalue weighted by atomic mass is 9.83. The van der Waals surface area contributed by atoms with Gasteiger partial charge in [0.25, 0.3) is 0 Å². The summed E-state index contributed by atoms with van der Waals surface area (Å²) in [4.78, 5) is 0. The van der Waals surface area contributed by atoms with Crippen molar-refractivity contribution >= 4 is 0 Å². The molecule has 2 atom stereocenters. The highest BCUT2D eigenvalue weighted by Gasteiger charge is 2.18. The third-order valence-electron chi connectivity index (χ3n) is 2.34. The lowest BCUT2D eigenvalue weighted by Gasteiger charge is -2.25. The van der Waals surface area contributed by atoms with Gasteiger partial charge in [-0.3, -0.25) is 0 Å². The van der Waals surface area contributed by atoms with Crippen LogP contribution in [0.1, 0.15) is 25.7 Å². The topological polar surface area (TPSA) is 9.23 Å². The van der Waals surface area contributed by atoms with Gasteiger partial charge in [-0.1, -0.05) is 26.3 Å². The van der Waals surface area contributed by atoms with Crippen molar-refractivity contribution in [2.45, 2.75) is 25.7 Å². The van der Waals surface area contributed by atoms with Crippen molar-refractivity contribution in [2.75, 3.05) is 6.61 Å². The van der Waals surface area contributed by atoms with Crippen LogP contribution in [0.3, 0.4) is 0 Å². The smallest absolute Gasteiger partial charge is 0.0901 e. The van der Waals surface area contributed by atoms with E-state index in [-0.39, 0.29) is 0 Å². The summed E-state index contributed by atoms with van der Waals surface area (Å²) in [5.41, 5.74) is 0. The standard InChI is InChI=1S/C10H17O/c1-3-11-8-10-6-4-5-9(2)7-10/h3,9-10H,1-2,4-8H2. The van der Waals surface area contributed by atoms with Gasteiger partial charge in [-0.25, -0.2) is 0 Å². The molecule has 1 aliphatic rings. The lowest BCUT2D eigenvalue weighted by molar-refractivity contribution is 0.153. The molecule has 0 heterocycles. The molecule has 0 aliphatic heterocycles. The van der Waals surface area contributed by atoms with Crippen LogP contribution in [0.5, 0.6) is 0 Å². The van der Waals surface area contributed by atoms with Crippen molar-refractivity contribution < 1.29 is 4.74 Å². The van der Waals surface area contributed by atoms with Gasteiger partial charge < -0.3 is 4.74 Å². The zero-order valence-electron chi connectivity index (χ0n) is 7.09. The molecular weight excluding hydrogens is 136 g/mol. The predicted octanol–water partition coefficient (Wildman–Crippen LogP) is 2.79. The van der Waals surface area contributed by atoms with Crippen LogP contribution >= 0.6 is 0 Å². The molecule has 1 saturated carbocycles. The molecule has 63 valence electrons. The Morgan fingerprint density at radius 1 is 1.45 bits per heavy atom. The van der Waals surface area contributed by atoms with E-state index in [1.807, 2.05) is 0 Å². The van der Waals surface area contributed by atoms with Crippen LogP contribution in [-0.4, -0.2) is 6.61 Å². The maximum absolute atomic E-state index is 5.16. The molecule has 0 aromatic rings. The first kappa shape index (κ1) is 8.63. The van der Waals surface area contributed by atoms with E-state index in [9.17, 15) is 0 Å². The maximum Gasteiger partial charge on any atom is 0.0901 e. The Labute approximate surface area is 69.4 Å². The second-order valence-electron chi connectivity index (χ2n) is 3.40. The molecule has 0 N–H and O–H groups in total. The highest BCUT2D eigenvalue weighted by molar-refractivity contribution is 4.74. The van der Waals surface area contributed by atoms with E-state index < -0.39 is 0 Å². The Bertz CT molecular complexity index is 120. The van der Waals surface area contributed by atoms with Crippen LogP contribution in [-0.2, 0) is 4.74 Å². The minimum absolute atomic E-state index is 0.655.